The first-order valence-corrected chi connectivity index (χ1v) is 3.15. The van der Waals surface area contributed by atoms with Crippen molar-refractivity contribution in [2.75, 3.05) is 7.11 Å². The lowest BCUT2D eigenvalue weighted by Gasteiger charge is -1.94. The number of rotatable bonds is 1. The topological polar surface area (TPSA) is 35.0 Å². The molecule has 0 unspecified atom stereocenters. The second-order valence-electron chi connectivity index (χ2n) is 1.37. The Labute approximate surface area is 85.5 Å². The van der Waals surface area contributed by atoms with Crippen LogP contribution in [0.25, 0.3) is 0 Å². The van der Waals surface area contributed by atoms with Gasteiger partial charge in [-0.05, 0) is 22.0 Å². The molecule has 0 saturated heterocycles. The molecule has 3 nitrogen and oxygen atoms in total. The van der Waals surface area contributed by atoms with Crippen molar-refractivity contribution in [3.05, 3.63) is 16.9 Å². The highest BCUT2D eigenvalue weighted by Crippen LogP contribution is 2.07. The minimum atomic E-state index is 0. The maximum atomic E-state index is 4.74. The van der Waals surface area contributed by atoms with Crippen molar-refractivity contribution >= 4 is 40.7 Å². The fourth-order valence-corrected chi connectivity index (χ4v) is 0.688. The fourth-order valence-electron chi connectivity index (χ4n) is 0.418. The molecule has 0 atom stereocenters. The monoisotopic (exact) mass is 260 g/mol. The maximum Gasteiger partial charge on any atom is 0.317 e. The number of aromatic nitrogens is 2. The van der Waals surface area contributed by atoms with E-state index < -0.39 is 0 Å². The number of hydrogen-bond acceptors (Lipinski definition) is 3. The molecule has 0 spiro atoms. The first-order chi connectivity index (χ1) is 4.33. The van der Waals surface area contributed by atoms with Gasteiger partial charge in [-0.1, -0.05) is 0 Å². The Bertz CT molecular complexity index is 211. The highest BCUT2D eigenvalue weighted by Gasteiger charge is 1.91. The number of hydrogen-bond donors (Lipinski definition) is 0. The molecule has 0 aliphatic carbocycles. The molecule has 0 fully saturated rings. The Morgan fingerprint density at radius 2 is 2.09 bits per heavy atom. The van der Waals surface area contributed by atoms with Crippen molar-refractivity contribution in [3.8, 4) is 6.01 Å². The summed E-state index contributed by atoms with van der Waals surface area (Å²) < 4.78 is 5.47. The van der Waals surface area contributed by atoms with Crippen molar-refractivity contribution in [1.82, 2.24) is 9.97 Å². The lowest BCUT2D eigenvalue weighted by atomic mass is 10.7. The maximum absolute atomic E-state index is 4.74. The van der Waals surface area contributed by atoms with E-state index in [2.05, 4.69) is 25.9 Å². The summed E-state index contributed by atoms with van der Waals surface area (Å²) in [6.07, 6.45) is 1.62. The van der Waals surface area contributed by atoms with Crippen LogP contribution in [0.2, 0.25) is 0 Å². The predicted molar refractivity (Wildman–Crippen MR) is 50.8 cm³/mol. The summed E-state index contributed by atoms with van der Waals surface area (Å²) >= 11 is 3.17. The van der Waals surface area contributed by atoms with Crippen LogP contribution >= 0.6 is 40.7 Å². The summed E-state index contributed by atoms with van der Waals surface area (Å²) in [6.45, 7) is 0. The van der Waals surface area contributed by atoms with Crippen LogP contribution in [-0.2, 0) is 0 Å². The number of nitrogens with zero attached hydrogens (tertiary/aromatic N) is 2. The smallest absolute Gasteiger partial charge is 0.317 e. The average Bonchev–Trinajstić information content (AvgIpc) is 1.88. The number of ether oxygens (including phenoxy) is 1. The van der Waals surface area contributed by atoms with Gasteiger partial charge in [-0.25, -0.2) is 4.98 Å². The molecular weight excluding hydrogens is 255 g/mol. The largest absolute Gasteiger partial charge is 0.467 e. The van der Waals surface area contributed by atoms with Crippen LogP contribution in [0.3, 0.4) is 0 Å². The molecule has 0 amide bonds. The first kappa shape index (κ1) is 13.5. The Balaban J connectivity index is 0. The van der Waals surface area contributed by atoms with Crippen LogP contribution in [0.1, 0.15) is 0 Å². The molecule has 0 N–H and O–H groups in total. The Kier molecular flexibility index (Phi) is 8.16. The van der Waals surface area contributed by atoms with Gasteiger partial charge in [-0.2, -0.15) is 4.98 Å². The van der Waals surface area contributed by atoms with E-state index in [1.165, 1.54) is 7.11 Å². The normalized spacial score (nSPS) is 7.45. The molecule has 0 bridgehead atoms. The van der Waals surface area contributed by atoms with Gasteiger partial charge in [-0.3, -0.25) is 0 Å². The quantitative estimate of drug-likeness (QED) is 0.727. The Morgan fingerprint density at radius 1 is 1.45 bits per heavy atom. The van der Waals surface area contributed by atoms with E-state index in [0.29, 0.717) is 6.01 Å². The van der Waals surface area contributed by atoms with Crippen molar-refractivity contribution < 1.29 is 4.74 Å². The minimum absolute atomic E-state index is 0. The molecule has 0 aromatic carbocycles. The van der Waals surface area contributed by atoms with Crippen LogP contribution in [-0.4, -0.2) is 17.1 Å². The molecule has 0 saturated carbocycles. The highest BCUT2D eigenvalue weighted by molar-refractivity contribution is 9.10. The van der Waals surface area contributed by atoms with E-state index in [4.69, 9.17) is 4.74 Å². The second-order valence-corrected chi connectivity index (χ2v) is 2.18. The van der Waals surface area contributed by atoms with Gasteiger partial charge < -0.3 is 4.74 Å². The summed E-state index contributed by atoms with van der Waals surface area (Å²) in [5.74, 6) is 0. The predicted octanol–water partition coefficient (Wildman–Crippen LogP) is 2.09. The molecule has 0 aliphatic rings. The summed E-state index contributed by atoms with van der Waals surface area (Å²) in [5, 5.41) is 0. The van der Waals surface area contributed by atoms with Crippen LogP contribution in [0.5, 0.6) is 6.01 Å². The standard InChI is InChI=1S/C5H5BrN2O.2ClH/c1-9-5-7-3-2-4(6)8-5;;/h2-3H,1H3;2*1H. The molecule has 6 heteroatoms. The van der Waals surface area contributed by atoms with Gasteiger partial charge in [0.15, 0.2) is 0 Å². The third-order valence-electron chi connectivity index (χ3n) is 0.782. The number of halogens is 3. The van der Waals surface area contributed by atoms with Crippen LogP contribution in [0, 0.1) is 0 Å². The Hall–Kier alpha value is -0.0600. The first-order valence-electron chi connectivity index (χ1n) is 2.35. The van der Waals surface area contributed by atoms with Crippen molar-refractivity contribution in [3.63, 3.8) is 0 Å². The van der Waals surface area contributed by atoms with E-state index in [9.17, 15) is 0 Å². The third-order valence-corrected chi connectivity index (χ3v) is 1.22. The molecule has 1 heterocycles. The zero-order valence-corrected chi connectivity index (χ0v) is 8.87. The van der Waals surface area contributed by atoms with Gasteiger partial charge in [0.25, 0.3) is 0 Å². The van der Waals surface area contributed by atoms with E-state index in [-0.39, 0.29) is 24.8 Å². The van der Waals surface area contributed by atoms with Crippen LogP contribution in [0.4, 0.5) is 0 Å². The zero-order valence-electron chi connectivity index (χ0n) is 5.65. The lowest BCUT2D eigenvalue weighted by molar-refractivity contribution is 0.379. The summed E-state index contributed by atoms with van der Waals surface area (Å²) in [7, 11) is 1.53. The molecule has 1 rings (SSSR count). The lowest BCUT2D eigenvalue weighted by Crippen LogP contribution is -1.89. The van der Waals surface area contributed by atoms with E-state index in [0.717, 1.165) is 4.60 Å². The molecular formula is C5H7BrCl2N2O. The molecule has 0 radical (unpaired) electrons. The van der Waals surface area contributed by atoms with Crippen molar-refractivity contribution in [1.29, 1.82) is 0 Å². The van der Waals surface area contributed by atoms with Gasteiger partial charge in [0.05, 0.1) is 7.11 Å². The van der Waals surface area contributed by atoms with Gasteiger partial charge in [0.1, 0.15) is 4.60 Å². The fraction of sp³-hybridized carbons (Fsp3) is 0.200. The summed E-state index contributed by atoms with van der Waals surface area (Å²) in [6, 6.07) is 2.12. The van der Waals surface area contributed by atoms with Gasteiger partial charge in [0.2, 0.25) is 0 Å². The Morgan fingerprint density at radius 3 is 2.45 bits per heavy atom. The number of methoxy groups -OCH3 is 1. The van der Waals surface area contributed by atoms with Gasteiger partial charge >= 0.3 is 6.01 Å². The van der Waals surface area contributed by atoms with Gasteiger partial charge in [-0.15, -0.1) is 24.8 Å². The minimum Gasteiger partial charge on any atom is -0.467 e. The zero-order chi connectivity index (χ0) is 6.69. The molecule has 1 aromatic heterocycles. The summed E-state index contributed by atoms with van der Waals surface area (Å²) in [4.78, 5) is 7.67. The van der Waals surface area contributed by atoms with Gasteiger partial charge in [0, 0.05) is 6.20 Å². The average molecular weight is 262 g/mol. The second kappa shape index (κ2) is 6.64. The SMILES string of the molecule is COc1nccc(Br)n1.Cl.Cl. The third kappa shape index (κ3) is 4.40. The van der Waals surface area contributed by atoms with Crippen LogP contribution in [0.15, 0.2) is 16.9 Å². The van der Waals surface area contributed by atoms with E-state index in [1.807, 2.05) is 0 Å². The van der Waals surface area contributed by atoms with Crippen LogP contribution < -0.4 is 4.74 Å². The highest BCUT2D eigenvalue weighted by atomic mass is 79.9. The van der Waals surface area contributed by atoms with Crippen molar-refractivity contribution in [2.24, 2.45) is 0 Å². The molecule has 11 heavy (non-hydrogen) atoms. The molecule has 0 aliphatic heterocycles. The summed E-state index contributed by atoms with van der Waals surface area (Å²) in [5.41, 5.74) is 0. The molecule has 64 valence electrons. The van der Waals surface area contributed by atoms with Crippen molar-refractivity contribution in [2.45, 2.75) is 0 Å². The van der Waals surface area contributed by atoms with E-state index in [1.54, 1.807) is 12.3 Å². The molecule has 1 aromatic rings. The van der Waals surface area contributed by atoms with E-state index >= 15 is 0 Å².